The van der Waals surface area contributed by atoms with Gasteiger partial charge >= 0.3 is 0 Å². The van der Waals surface area contributed by atoms with Crippen LogP contribution in [0.1, 0.15) is 0 Å². The number of thiocarbonyl (C=S) groups is 1. The minimum absolute atomic E-state index is 0.134. The molecular formula is C18H14Cl2N2O3S. The minimum Gasteiger partial charge on any atom is -0.290 e. The van der Waals surface area contributed by atoms with Crippen molar-refractivity contribution in [3.63, 3.8) is 0 Å². The van der Waals surface area contributed by atoms with E-state index in [0.717, 1.165) is 16.8 Å². The molecule has 1 aromatic heterocycles. The number of benzene rings is 2. The molecule has 0 aliphatic rings. The topological polar surface area (TPSA) is 45.4 Å². The van der Waals surface area contributed by atoms with Gasteiger partial charge in [0.15, 0.2) is 5.75 Å². The normalized spacial score (nSPS) is 10.6. The van der Waals surface area contributed by atoms with Crippen LogP contribution in [0.25, 0.3) is 22.4 Å². The highest BCUT2D eigenvalue weighted by atomic mass is 35.5. The molecular weight excluding hydrogens is 395 g/mol. The summed E-state index contributed by atoms with van der Waals surface area (Å²) in [4.78, 5) is 22.4. The Bertz CT molecular complexity index is 1030. The highest BCUT2D eigenvalue weighted by Gasteiger charge is 2.20. The molecule has 26 heavy (non-hydrogen) atoms. The summed E-state index contributed by atoms with van der Waals surface area (Å²) in [5.74, 6) is 0.492. The molecule has 0 aliphatic carbocycles. The van der Waals surface area contributed by atoms with Gasteiger partial charge in [0, 0.05) is 19.7 Å². The maximum Gasteiger partial charge on any atom is 0.274 e. The van der Waals surface area contributed by atoms with Crippen molar-refractivity contribution in [2.45, 2.75) is 0 Å². The number of aromatic nitrogens is 2. The third kappa shape index (κ3) is 3.35. The molecule has 3 rings (SSSR count). The van der Waals surface area contributed by atoms with Gasteiger partial charge < -0.3 is 0 Å². The van der Waals surface area contributed by atoms with E-state index in [4.69, 9.17) is 28.1 Å². The first kappa shape index (κ1) is 18.5. The summed E-state index contributed by atoms with van der Waals surface area (Å²) in [6.45, 7) is 0. The summed E-state index contributed by atoms with van der Waals surface area (Å²) in [7, 11) is 3.52. The molecule has 0 bridgehead atoms. The van der Waals surface area contributed by atoms with Gasteiger partial charge in [-0.15, -0.1) is 0 Å². The highest BCUT2D eigenvalue weighted by Crippen LogP contribution is 2.33. The average Bonchev–Trinajstić information content (AvgIpc) is 2.87. The zero-order valence-electron chi connectivity index (χ0n) is 13.9. The molecule has 0 saturated heterocycles. The third-order valence-corrected chi connectivity index (χ3v) is 4.86. The Balaban J connectivity index is 2.15. The molecule has 0 fully saturated rings. The lowest BCUT2D eigenvalue weighted by atomic mass is 10.0. The van der Waals surface area contributed by atoms with E-state index in [9.17, 15) is 4.79 Å². The minimum atomic E-state index is -0.134. The maximum atomic E-state index is 12.8. The summed E-state index contributed by atoms with van der Waals surface area (Å²) >= 11 is 16.7. The first-order chi connectivity index (χ1) is 12.4. The fourth-order valence-electron chi connectivity index (χ4n) is 2.70. The summed E-state index contributed by atoms with van der Waals surface area (Å²) in [5, 5.41) is 0.826. The van der Waals surface area contributed by atoms with Gasteiger partial charge in [-0.1, -0.05) is 29.3 Å². The smallest absolute Gasteiger partial charge is 0.274 e. The number of rotatable bonds is 5. The second-order valence-electron chi connectivity index (χ2n) is 5.51. The Kier molecular flexibility index (Phi) is 5.36. The first-order valence-corrected chi connectivity index (χ1v) is 8.75. The van der Waals surface area contributed by atoms with E-state index in [2.05, 4.69) is 17.1 Å². The monoisotopic (exact) mass is 408 g/mol. The Morgan fingerprint density at radius 2 is 1.62 bits per heavy atom. The highest BCUT2D eigenvalue weighted by molar-refractivity contribution is 7.78. The molecule has 134 valence electrons. The zero-order valence-corrected chi connectivity index (χ0v) is 16.2. The Morgan fingerprint density at radius 3 is 2.23 bits per heavy atom. The number of nitrogens with zero attached hydrogens (tertiary/aromatic N) is 2. The molecule has 0 unspecified atom stereocenters. The van der Waals surface area contributed by atoms with Crippen molar-refractivity contribution in [1.82, 2.24) is 9.36 Å². The van der Waals surface area contributed by atoms with Crippen molar-refractivity contribution >= 4 is 41.0 Å². The predicted octanol–water partition coefficient (Wildman–Crippen LogP) is 4.63. The second kappa shape index (κ2) is 7.53. The molecule has 5 nitrogen and oxygen atoms in total. The molecule has 1 heterocycles. The summed E-state index contributed by atoms with van der Waals surface area (Å²) < 4.78 is 3.32. The lowest BCUT2D eigenvalue weighted by molar-refractivity contribution is -0.106. The quantitative estimate of drug-likeness (QED) is 0.350. The van der Waals surface area contributed by atoms with Crippen LogP contribution in [0, 0.1) is 0 Å². The van der Waals surface area contributed by atoms with Gasteiger partial charge in [-0.25, -0.2) is 0 Å². The molecule has 0 spiro atoms. The predicted molar refractivity (Wildman–Crippen MR) is 107 cm³/mol. The van der Waals surface area contributed by atoms with Crippen LogP contribution in [0.2, 0.25) is 10.0 Å². The lowest BCUT2D eigenvalue weighted by Crippen LogP contribution is -2.17. The van der Waals surface area contributed by atoms with E-state index in [1.165, 1.54) is 4.68 Å². The fourth-order valence-corrected chi connectivity index (χ4v) is 3.04. The standard InChI is InChI=1S/C18H14Cl2N2O3S/c1-21-17(11-3-6-13(7-4-11)25-24-10-26)16(18(23)22(21)2)12-5-8-14(19)15(20)9-12/h3-10H,1-2H3. The number of hydrogen-bond acceptors (Lipinski definition) is 4. The van der Waals surface area contributed by atoms with E-state index < -0.39 is 0 Å². The van der Waals surface area contributed by atoms with Crippen LogP contribution in [0.3, 0.4) is 0 Å². The van der Waals surface area contributed by atoms with Crippen LogP contribution in [0.4, 0.5) is 0 Å². The average molecular weight is 409 g/mol. The van der Waals surface area contributed by atoms with E-state index in [0.29, 0.717) is 26.9 Å². The third-order valence-electron chi connectivity index (χ3n) is 4.04. The van der Waals surface area contributed by atoms with Crippen LogP contribution >= 0.6 is 35.4 Å². The van der Waals surface area contributed by atoms with Crippen LogP contribution < -0.4 is 10.4 Å². The molecule has 0 N–H and O–H groups in total. The van der Waals surface area contributed by atoms with Gasteiger partial charge in [0.1, 0.15) is 0 Å². The van der Waals surface area contributed by atoms with Crippen LogP contribution in [0.15, 0.2) is 47.3 Å². The van der Waals surface area contributed by atoms with Crippen molar-refractivity contribution in [2.24, 2.45) is 14.1 Å². The maximum absolute atomic E-state index is 12.8. The molecule has 0 aliphatic heterocycles. The fraction of sp³-hybridized carbons (Fsp3) is 0.111. The summed E-state index contributed by atoms with van der Waals surface area (Å²) in [6, 6.07) is 12.3. The van der Waals surface area contributed by atoms with Crippen molar-refractivity contribution in [3.8, 4) is 28.1 Å². The summed E-state index contributed by atoms with van der Waals surface area (Å²) in [5.41, 5.74) is 3.71. The van der Waals surface area contributed by atoms with Gasteiger partial charge in [0.2, 0.25) is 5.55 Å². The molecule has 0 saturated carbocycles. The lowest BCUT2D eigenvalue weighted by Gasteiger charge is -2.09. The van der Waals surface area contributed by atoms with Gasteiger partial charge in [-0.2, -0.15) is 0 Å². The Hall–Kier alpha value is -2.28. The zero-order chi connectivity index (χ0) is 18.8. The molecule has 0 amide bonds. The first-order valence-electron chi connectivity index (χ1n) is 7.53. The van der Waals surface area contributed by atoms with Gasteiger partial charge in [0.05, 0.1) is 21.3 Å². The SMILES string of the molecule is Cn1c(-c2ccc(OOC=S)cc2)c(-c2ccc(Cl)c(Cl)c2)c(=O)n1C. The van der Waals surface area contributed by atoms with E-state index in [1.54, 1.807) is 42.1 Å². The number of halogens is 2. The second-order valence-corrected chi connectivity index (χ2v) is 6.51. The summed E-state index contributed by atoms with van der Waals surface area (Å²) in [6.07, 6.45) is 0. The Morgan fingerprint density at radius 1 is 0.962 bits per heavy atom. The van der Waals surface area contributed by atoms with Crippen molar-refractivity contribution in [2.75, 3.05) is 0 Å². The van der Waals surface area contributed by atoms with Crippen molar-refractivity contribution < 1.29 is 9.78 Å². The van der Waals surface area contributed by atoms with Crippen LogP contribution in [-0.4, -0.2) is 14.9 Å². The molecule has 8 heteroatoms. The largest absolute Gasteiger partial charge is 0.290 e. The Labute approximate surface area is 165 Å². The number of hydrogen-bond donors (Lipinski definition) is 0. The van der Waals surface area contributed by atoms with E-state index in [-0.39, 0.29) is 5.56 Å². The van der Waals surface area contributed by atoms with Gasteiger partial charge in [0.25, 0.3) is 5.56 Å². The van der Waals surface area contributed by atoms with Gasteiger partial charge in [-0.05, 0) is 54.2 Å². The molecule has 3 aromatic rings. The molecule has 0 atom stereocenters. The van der Waals surface area contributed by atoms with E-state index >= 15 is 0 Å². The van der Waals surface area contributed by atoms with Crippen molar-refractivity contribution in [3.05, 3.63) is 62.9 Å². The molecule has 2 aromatic carbocycles. The van der Waals surface area contributed by atoms with Crippen LogP contribution in [-0.2, 0) is 19.0 Å². The van der Waals surface area contributed by atoms with Crippen molar-refractivity contribution in [1.29, 1.82) is 0 Å². The van der Waals surface area contributed by atoms with E-state index in [1.807, 2.05) is 19.2 Å². The van der Waals surface area contributed by atoms with Gasteiger partial charge in [-0.3, -0.25) is 23.9 Å². The van der Waals surface area contributed by atoms with Crippen LogP contribution in [0.5, 0.6) is 5.75 Å². The molecule has 0 radical (unpaired) electrons.